The van der Waals surface area contributed by atoms with Crippen LogP contribution < -0.4 is 0 Å². The molecule has 30 heavy (non-hydrogen) atoms. The van der Waals surface area contributed by atoms with Crippen LogP contribution in [0.4, 0.5) is 0 Å². The lowest BCUT2D eigenvalue weighted by Crippen LogP contribution is -2.54. The van der Waals surface area contributed by atoms with Gasteiger partial charge in [-0.1, -0.05) is 35.4 Å². The fourth-order valence-electron chi connectivity index (χ4n) is 3.93. The predicted molar refractivity (Wildman–Crippen MR) is 106 cm³/mol. The highest BCUT2D eigenvalue weighted by Gasteiger charge is 2.87. The van der Waals surface area contributed by atoms with Crippen molar-refractivity contribution < 1.29 is 33.6 Å². The summed E-state index contributed by atoms with van der Waals surface area (Å²) in [6, 6.07) is 13.7. The Morgan fingerprint density at radius 3 is 1.93 bits per heavy atom. The van der Waals surface area contributed by atoms with Crippen LogP contribution >= 0.6 is 0 Å². The standard InChI is InChI=1S/C23H24O7/c1-13-5-9-15(10-6-13)19(24)28-17-18-23(17,22(3,26)21(27-4)29-18)30-20(25)16-11-7-14(2)8-12-16/h5-12,17-18,21,26H,1-4H3/t17?,18-,21?,22+,23-/m1/s1. The Hall–Kier alpha value is -2.74. The Labute approximate surface area is 174 Å². The van der Waals surface area contributed by atoms with E-state index in [0.29, 0.717) is 11.1 Å². The molecule has 2 aromatic carbocycles. The number of carbonyl (C=O) groups is 2. The summed E-state index contributed by atoms with van der Waals surface area (Å²) in [6.07, 6.45) is -2.81. The van der Waals surface area contributed by atoms with E-state index in [0.717, 1.165) is 11.1 Å². The zero-order valence-electron chi connectivity index (χ0n) is 17.2. The topological polar surface area (TPSA) is 91.3 Å². The largest absolute Gasteiger partial charge is 0.451 e. The first-order valence-corrected chi connectivity index (χ1v) is 9.69. The van der Waals surface area contributed by atoms with Crippen molar-refractivity contribution in [2.75, 3.05) is 7.11 Å². The van der Waals surface area contributed by atoms with Crippen LogP contribution in [0.15, 0.2) is 48.5 Å². The average Bonchev–Trinajstić information content (AvgIpc) is 3.24. The summed E-state index contributed by atoms with van der Waals surface area (Å²) in [6.45, 7) is 5.27. The second kappa shape index (κ2) is 7.19. The van der Waals surface area contributed by atoms with Gasteiger partial charge < -0.3 is 24.1 Å². The Balaban J connectivity index is 1.59. The van der Waals surface area contributed by atoms with Gasteiger partial charge in [0, 0.05) is 7.11 Å². The van der Waals surface area contributed by atoms with E-state index in [9.17, 15) is 14.7 Å². The fourth-order valence-corrected chi connectivity index (χ4v) is 3.93. The van der Waals surface area contributed by atoms with Gasteiger partial charge in [-0.05, 0) is 45.0 Å². The average molecular weight is 412 g/mol. The monoisotopic (exact) mass is 412 g/mol. The summed E-state index contributed by atoms with van der Waals surface area (Å²) in [5, 5.41) is 11.1. The highest BCUT2D eigenvalue weighted by atomic mass is 16.8. The summed E-state index contributed by atoms with van der Waals surface area (Å²) in [7, 11) is 1.38. The van der Waals surface area contributed by atoms with Gasteiger partial charge in [-0.25, -0.2) is 9.59 Å². The van der Waals surface area contributed by atoms with E-state index in [1.165, 1.54) is 14.0 Å². The van der Waals surface area contributed by atoms with Gasteiger partial charge in [0.1, 0.15) is 6.10 Å². The molecule has 1 heterocycles. The van der Waals surface area contributed by atoms with Crippen LogP contribution in [-0.4, -0.2) is 53.9 Å². The maximum Gasteiger partial charge on any atom is 0.339 e. The number of carbonyl (C=O) groups excluding carboxylic acids is 2. The van der Waals surface area contributed by atoms with Gasteiger partial charge in [0.15, 0.2) is 18.0 Å². The van der Waals surface area contributed by atoms with Crippen LogP contribution in [0, 0.1) is 13.8 Å². The summed E-state index contributed by atoms with van der Waals surface area (Å²) in [5.74, 6) is -1.23. The van der Waals surface area contributed by atoms with Crippen molar-refractivity contribution in [2.45, 2.75) is 50.5 Å². The van der Waals surface area contributed by atoms with Gasteiger partial charge >= 0.3 is 11.9 Å². The number of ether oxygens (including phenoxy) is 4. The molecule has 2 aromatic rings. The molecule has 2 fully saturated rings. The van der Waals surface area contributed by atoms with Crippen LogP contribution in [-0.2, 0) is 18.9 Å². The Morgan fingerprint density at radius 1 is 0.933 bits per heavy atom. The van der Waals surface area contributed by atoms with Crippen LogP contribution in [0.3, 0.4) is 0 Å². The maximum absolute atomic E-state index is 12.8. The quantitative estimate of drug-likeness (QED) is 0.755. The van der Waals surface area contributed by atoms with E-state index in [2.05, 4.69) is 0 Å². The molecule has 1 saturated heterocycles. The van der Waals surface area contributed by atoms with Gasteiger partial charge in [-0.3, -0.25) is 0 Å². The second-order valence-electron chi connectivity index (χ2n) is 8.01. The molecule has 1 aliphatic heterocycles. The van der Waals surface area contributed by atoms with Gasteiger partial charge in [0.05, 0.1) is 11.1 Å². The molecule has 0 aromatic heterocycles. The third kappa shape index (κ3) is 3.10. The lowest BCUT2D eigenvalue weighted by atomic mass is 9.96. The number of hydrogen-bond donors (Lipinski definition) is 1. The molecule has 1 aliphatic carbocycles. The molecule has 158 valence electrons. The molecule has 7 heteroatoms. The van der Waals surface area contributed by atoms with Crippen LogP contribution in [0.5, 0.6) is 0 Å². The highest BCUT2D eigenvalue weighted by molar-refractivity contribution is 5.91. The molecule has 5 atom stereocenters. The molecule has 4 rings (SSSR count). The zero-order chi connectivity index (χ0) is 21.7. The number of hydrogen-bond acceptors (Lipinski definition) is 7. The molecule has 1 N–H and O–H groups in total. The molecule has 2 unspecified atom stereocenters. The molecular weight excluding hydrogens is 388 g/mol. The SMILES string of the molecule is COC1O[C@@H]2C(OC(=O)c3ccc(C)cc3)[C@]2(OC(=O)c2ccc(C)cc2)[C@@]1(C)O. The minimum atomic E-state index is -1.72. The first-order valence-electron chi connectivity index (χ1n) is 9.69. The van der Waals surface area contributed by atoms with Crippen LogP contribution in [0.2, 0.25) is 0 Å². The van der Waals surface area contributed by atoms with Crippen molar-refractivity contribution in [1.82, 2.24) is 0 Å². The first kappa shape index (κ1) is 20.5. The Morgan fingerprint density at radius 2 is 1.43 bits per heavy atom. The normalized spacial score (nSPS) is 31.7. The van der Waals surface area contributed by atoms with E-state index in [-0.39, 0.29) is 0 Å². The summed E-state index contributed by atoms with van der Waals surface area (Å²) in [4.78, 5) is 25.4. The number of benzene rings is 2. The van der Waals surface area contributed by atoms with E-state index in [1.807, 2.05) is 13.8 Å². The molecule has 7 nitrogen and oxygen atoms in total. The fraction of sp³-hybridized carbons (Fsp3) is 0.391. The number of fused-ring (bicyclic) bond motifs is 1. The molecule has 0 amide bonds. The van der Waals surface area contributed by atoms with E-state index in [4.69, 9.17) is 18.9 Å². The predicted octanol–water partition coefficient (Wildman–Crippen LogP) is 2.56. The van der Waals surface area contributed by atoms with Crippen molar-refractivity contribution in [3.8, 4) is 0 Å². The van der Waals surface area contributed by atoms with E-state index < -0.39 is 41.6 Å². The Kier molecular flexibility index (Phi) is 4.92. The van der Waals surface area contributed by atoms with E-state index in [1.54, 1.807) is 48.5 Å². The minimum Gasteiger partial charge on any atom is -0.451 e. The number of methoxy groups -OCH3 is 1. The molecule has 1 saturated carbocycles. The Bertz CT molecular complexity index is 964. The summed E-state index contributed by atoms with van der Waals surface area (Å²) >= 11 is 0. The lowest BCUT2D eigenvalue weighted by molar-refractivity contribution is -0.222. The molecule has 0 spiro atoms. The lowest BCUT2D eigenvalue weighted by Gasteiger charge is -2.33. The van der Waals surface area contributed by atoms with Crippen molar-refractivity contribution in [2.24, 2.45) is 0 Å². The van der Waals surface area contributed by atoms with Gasteiger partial charge in [-0.15, -0.1) is 0 Å². The van der Waals surface area contributed by atoms with Crippen LogP contribution in [0.1, 0.15) is 38.8 Å². The third-order valence-corrected chi connectivity index (χ3v) is 5.82. The van der Waals surface area contributed by atoms with Crippen molar-refractivity contribution in [1.29, 1.82) is 0 Å². The van der Waals surface area contributed by atoms with Crippen molar-refractivity contribution >= 4 is 11.9 Å². The third-order valence-electron chi connectivity index (χ3n) is 5.82. The van der Waals surface area contributed by atoms with Gasteiger partial charge in [-0.2, -0.15) is 0 Å². The number of aliphatic hydroxyl groups is 1. The molecular formula is C23H24O7. The molecule has 2 aliphatic rings. The van der Waals surface area contributed by atoms with Crippen molar-refractivity contribution in [3.63, 3.8) is 0 Å². The van der Waals surface area contributed by atoms with Gasteiger partial charge in [0.25, 0.3) is 0 Å². The maximum atomic E-state index is 12.8. The zero-order valence-corrected chi connectivity index (χ0v) is 17.2. The highest BCUT2D eigenvalue weighted by Crippen LogP contribution is 2.60. The first-order chi connectivity index (χ1) is 14.2. The molecule has 0 radical (unpaired) electrons. The number of rotatable bonds is 5. The second-order valence-corrected chi connectivity index (χ2v) is 8.01. The smallest absolute Gasteiger partial charge is 0.339 e. The van der Waals surface area contributed by atoms with E-state index >= 15 is 0 Å². The molecule has 0 bridgehead atoms. The van der Waals surface area contributed by atoms with Crippen molar-refractivity contribution in [3.05, 3.63) is 70.8 Å². The summed E-state index contributed by atoms with van der Waals surface area (Å²) in [5.41, 5.74) is -0.599. The van der Waals surface area contributed by atoms with Gasteiger partial charge in [0.2, 0.25) is 5.60 Å². The number of esters is 2. The summed E-state index contributed by atoms with van der Waals surface area (Å²) < 4.78 is 22.2. The number of aryl methyl sites for hydroxylation is 2. The van der Waals surface area contributed by atoms with Crippen LogP contribution in [0.25, 0.3) is 0 Å². The minimum absolute atomic E-state index is 0.320.